The van der Waals surface area contributed by atoms with Crippen LogP contribution >= 0.6 is 0 Å². The van der Waals surface area contributed by atoms with Crippen molar-refractivity contribution in [3.05, 3.63) is 35.9 Å². The van der Waals surface area contributed by atoms with Gasteiger partial charge < -0.3 is 15.5 Å². The van der Waals surface area contributed by atoms with E-state index in [0.29, 0.717) is 19.5 Å². The SMILES string of the molecule is CC(C)C(=O)N1CCCCNC(c2ccccc2)CC(=O)NCCC1. The summed E-state index contributed by atoms with van der Waals surface area (Å²) in [5, 5.41) is 6.50. The molecular formula is C20H31N3O2. The number of hydrogen-bond donors (Lipinski definition) is 2. The van der Waals surface area contributed by atoms with Gasteiger partial charge in [-0.2, -0.15) is 0 Å². The van der Waals surface area contributed by atoms with Gasteiger partial charge in [-0.25, -0.2) is 0 Å². The molecule has 0 aromatic heterocycles. The Morgan fingerprint density at radius 3 is 2.52 bits per heavy atom. The molecule has 0 aliphatic carbocycles. The second kappa shape index (κ2) is 10.2. The highest BCUT2D eigenvalue weighted by molar-refractivity contribution is 5.78. The van der Waals surface area contributed by atoms with Gasteiger partial charge in [0.15, 0.2) is 0 Å². The van der Waals surface area contributed by atoms with Crippen molar-refractivity contribution in [2.24, 2.45) is 5.92 Å². The molecule has 2 N–H and O–H groups in total. The predicted molar refractivity (Wildman–Crippen MR) is 100 cm³/mol. The lowest BCUT2D eigenvalue weighted by atomic mass is 10.0. The average molecular weight is 345 g/mol. The molecule has 1 aromatic rings. The van der Waals surface area contributed by atoms with Crippen molar-refractivity contribution < 1.29 is 9.59 Å². The van der Waals surface area contributed by atoms with Gasteiger partial charge in [-0.05, 0) is 31.4 Å². The summed E-state index contributed by atoms with van der Waals surface area (Å²) in [6, 6.07) is 10.2. The van der Waals surface area contributed by atoms with Crippen LogP contribution in [0.15, 0.2) is 30.3 Å². The van der Waals surface area contributed by atoms with Gasteiger partial charge in [-0.15, -0.1) is 0 Å². The molecule has 5 nitrogen and oxygen atoms in total. The molecule has 2 amide bonds. The van der Waals surface area contributed by atoms with Crippen molar-refractivity contribution in [2.45, 2.75) is 45.6 Å². The topological polar surface area (TPSA) is 61.4 Å². The monoisotopic (exact) mass is 345 g/mol. The van der Waals surface area contributed by atoms with Gasteiger partial charge in [0.2, 0.25) is 11.8 Å². The van der Waals surface area contributed by atoms with Crippen LogP contribution in [0.1, 0.15) is 51.1 Å². The molecule has 1 aromatic carbocycles. The van der Waals surface area contributed by atoms with E-state index in [0.717, 1.165) is 37.9 Å². The van der Waals surface area contributed by atoms with Gasteiger partial charge in [0.25, 0.3) is 0 Å². The summed E-state index contributed by atoms with van der Waals surface area (Å²) in [6.45, 7) is 6.85. The Morgan fingerprint density at radius 2 is 1.80 bits per heavy atom. The van der Waals surface area contributed by atoms with Crippen LogP contribution in [0.4, 0.5) is 0 Å². The van der Waals surface area contributed by atoms with E-state index < -0.39 is 0 Å². The maximum atomic E-state index is 12.3. The molecule has 1 saturated heterocycles. The molecule has 138 valence electrons. The fourth-order valence-corrected chi connectivity index (χ4v) is 3.15. The molecule has 1 atom stereocenters. The molecular weight excluding hydrogens is 314 g/mol. The summed E-state index contributed by atoms with van der Waals surface area (Å²) in [5.41, 5.74) is 1.14. The van der Waals surface area contributed by atoms with Crippen molar-refractivity contribution in [2.75, 3.05) is 26.2 Å². The molecule has 0 bridgehead atoms. The fraction of sp³-hybridized carbons (Fsp3) is 0.600. The molecule has 1 aliphatic heterocycles. The van der Waals surface area contributed by atoms with E-state index in [1.165, 1.54) is 0 Å². The first-order valence-corrected chi connectivity index (χ1v) is 9.41. The lowest BCUT2D eigenvalue weighted by Crippen LogP contribution is -2.37. The maximum absolute atomic E-state index is 12.3. The zero-order valence-corrected chi connectivity index (χ0v) is 15.5. The predicted octanol–water partition coefficient (Wildman–Crippen LogP) is 2.49. The molecule has 1 fully saturated rings. The minimum absolute atomic E-state index is 0.0193. The van der Waals surface area contributed by atoms with Gasteiger partial charge in [0.1, 0.15) is 0 Å². The van der Waals surface area contributed by atoms with Crippen LogP contribution in [0.25, 0.3) is 0 Å². The molecule has 25 heavy (non-hydrogen) atoms. The first-order chi connectivity index (χ1) is 12.1. The quantitative estimate of drug-likeness (QED) is 0.866. The van der Waals surface area contributed by atoms with E-state index in [4.69, 9.17) is 0 Å². The van der Waals surface area contributed by atoms with Crippen molar-refractivity contribution in [3.8, 4) is 0 Å². The Labute approximate surface area is 151 Å². The highest BCUT2D eigenvalue weighted by Crippen LogP contribution is 2.17. The van der Waals surface area contributed by atoms with Crippen LogP contribution in [0.5, 0.6) is 0 Å². The first-order valence-electron chi connectivity index (χ1n) is 9.41. The van der Waals surface area contributed by atoms with E-state index >= 15 is 0 Å². The summed E-state index contributed by atoms with van der Waals surface area (Å²) in [6.07, 6.45) is 3.22. The summed E-state index contributed by atoms with van der Waals surface area (Å²) >= 11 is 0. The molecule has 2 rings (SSSR count). The van der Waals surface area contributed by atoms with Crippen molar-refractivity contribution in [1.29, 1.82) is 0 Å². The van der Waals surface area contributed by atoms with Gasteiger partial charge in [0, 0.05) is 38.0 Å². The third-order valence-corrected chi connectivity index (χ3v) is 4.57. The lowest BCUT2D eigenvalue weighted by Gasteiger charge is -2.24. The van der Waals surface area contributed by atoms with E-state index in [2.05, 4.69) is 22.8 Å². The third-order valence-electron chi connectivity index (χ3n) is 4.57. The zero-order chi connectivity index (χ0) is 18.1. The Balaban J connectivity index is 1.98. The Morgan fingerprint density at radius 1 is 1.08 bits per heavy atom. The Hall–Kier alpha value is -1.88. The lowest BCUT2D eigenvalue weighted by molar-refractivity contribution is -0.134. The van der Waals surface area contributed by atoms with Crippen LogP contribution in [-0.4, -0.2) is 42.9 Å². The minimum Gasteiger partial charge on any atom is -0.356 e. The number of nitrogens with one attached hydrogen (secondary N) is 2. The van der Waals surface area contributed by atoms with Gasteiger partial charge in [-0.1, -0.05) is 44.2 Å². The highest BCUT2D eigenvalue weighted by Gasteiger charge is 2.18. The molecule has 1 aliphatic rings. The number of benzene rings is 1. The summed E-state index contributed by atoms with van der Waals surface area (Å²) in [7, 11) is 0. The molecule has 1 heterocycles. The second-order valence-electron chi connectivity index (χ2n) is 7.01. The summed E-state index contributed by atoms with van der Waals surface area (Å²) < 4.78 is 0. The molecule has 0 spiro atoms. The van der Waals surface area contributed by atoms with E-state index in [1.54, 1.807) is 0 Å². The smallest absolute Gasteiger partial charge is 0.225 e. The van der Waals surface area contributed by atoms with Crippen LogP contribution in [0.2, 0.25) is 0 Å². The summed E-state index contributed by atoms with van der Waals surface area (Å²) in [5.74, 6) is 0.282. The highest BCUT2D eigenvalue weighted by atomic mass is 16.2. The number of hydrogen-bond acceptors (Lipinski definition) is 3. The van der Waals surface area contributed by atoms with Crippen LogP contribution in [-0.2, 0) is 9.59 Å². The van der Waals surface area contributed by atoms with Crippen molar-refractivity contribution in [3.63, 3.8) is 0 Å². The van der Waals surface area contributed by atoms with Crippen LogP contribution in [0.3, 0.4) is 0 Å². The minimum atomic E-state index is 0.0193. The molecule has 1 unspecified atom stereocenters. The number of carbonyl (C=O) groups is 2. The first kappa shape index (κ1) is 19.4. The Bertz CT molecular complexity index is 545. The fourth-order valence-electron chi connectivity index (χ4n) is 3.15. The van der Waals surface area contributed by atoms with Gasteiger partial charge in [0.05, 0.1) is 0 Å². The Kier molecular flexibility index (Phi) is 7.92. The van der Waals surface area contributed by atoms with E-state index in [1.807, 2.05) is 36.9 Å². The number of nitrogens with zero attached hydrogens (tertiary/aromatic N) is 1. The molecule has 5 heteroatoms. The van der Waals surface area contributed by atoms with Crippen LogP contribution in [0, 0.1) is 5.92 Å². The number of rotatable bonds is 2. The molecule has 0 radical (unpaired) electrons. The third kappa shape index (κ3) is 6.50. The molecule has 0 saturated carbocycles. The largest absolute Gasteiger partial charge is 0.356 e. The van der Waals surface area contributed by atoms with E-state index in [9.17, 15) is 9.59 Å². The zero-order valence-electron chi connectivity index (χ0n) is 15.5. The standard InChI is InChI=1S/C20H31N3O2/c1-16(2)20(25)23-13-7-6-11-21-18(17-9-4-3-5-10-17)15-19(24)22-12-8-14-23/h3-5,9-10,16,18,21H,6-8,11-15H2,1-2H3,(H,22,24). The number of amides is 2. The summed E-state index contributed by atoms with van der Waals surface area (Å²) in [4.78, 5) is 26.5. The normalized spacial score (nSPS) is 21.0. The van der Waals surface area contributed by atoms with Crippen molar-refractivity contribution >= 4 is 11.8 Å². The second-order valence-corrected chi connectivity index (χ2v) is 7.01. The average Bonchev–Trinajstić information content (AvgIpc) is 2.63. The van der Waals surface area contributed by atoms with Gasteiger partial charge >= 0.3 is 0 Å². The van der Waals surface area contributed by atoms with Gasteiger partial charge in [-0.3, -0.25) is 9.59 Å². The van der Waals surface area contributed by atoms with Crippen molar-refractivity contribution in [1.82, 2.24) is 15.5 Å². The maximum Gasteiger partial charge on any atom is 0.225 e. The number of carbonyl (C=O) groups excluding carboxylic acids is 2. The van der Waals surface area contributed by atoms with E-state index in [-0.39, 0.29) is 23.8 Å². The van der Waals surface area contributed by atoms with Crippen LogP contribution < -0.4 is 10.6 Å².